The lowest BCUT2D eigenvalue weighted by Gasteiger charge is -2.09. The fraction of sp³-hybridized carbons (Fsp3) is 0.227. The summed E-state index contributed by atoms with van der Waals surface area (Å²) in [7, 11) is -3.60. The summed E-state index contributed by atoms with van der Waals surface area (Å²) in [6.07, 6.45) is 1.63. The zero-order chi connectivity index (χ0) is 23.3. The minimum atomic E-state index is -3.60. The van der Waals surface area contributed by atoms with Gasteiger partial charge in [0.1, 0.15) is 11.6 Å². The molecule has 0 unspecified atom stereocenters. The number of nitrogens with one attached hydrogen (secondary N) is 1. The van der Waals surface area contributed by atoms with E-state index in [1.54, 1.807) is 47.0 Å². The summed E-state index contributed by atoms with van der Waals surface area (Å²) in [6.45, 7) is 7.82. The summed E-state index contributed by atoms with van der Waals surface area (Å²) in [4.78, 5) is 12.6. The number of allylic oxidation sites excluding steroid dienone is 1. The van der Waals surface area contributed by atoms with Crippen molar-refractivity contribution < 1.29 is 13.2 Å². The summed E-state index contributed by atoms with van der Waals surface area (Å²) in [5.74, 6) is -0.174. The van der Waals surface area contributed by atoms with E-state index in [2.05, 4.69) is 22.1 Å². The quantitative estimate of drug-likeness (QED) is 0.352. The molecule has 168 valence electrons. The van der Waals surface area contributed by atoms with Crippen molar-refractivity contribution in [3.8, 4) is 0 Å². The van der Waals surface area contributed by atoms with Crippen LogP contribution in [0.5, 0.6) is 0 Å². The fourth-order valence-corrected chi connectivity index (χ4v) is 5.06. The van der Waals surface area contributed by atoms with Gasteiger partial charge >= 0.3 is 0 Å². The lowest BCUT2D eigenvalue weighted by atomic mass is 10.2. The summed E-state index contributed by atoms with van der Waals surface area (Å²) >= 11 is 7.26. The van der Waals surface area contributed by atoms with Crippen molar-refractivity contribution in [1.82, 2.24) is 14.8 Å². The monoisotopic (exact) mass is 490 g/mol. The Morgan fingerprint density at radius 2 is 1.91 bits per heavy atom. The second-order valence-corrected chi connectivity index (χ2v) is 10.5. The normalized spacial score (nSPS) is 11.3. The number of carbonyl (C=O) groups is 1. The second-order valence-electron chi connectivity index (χ2n) is 7.17. The molecule has 0 bridgehead atoms. The molecule has 7 nitrogen and oxygen atoms in total. The molecule has 0 saturated carbocycles. The minimum absolute atomic E-state index is 0.0749. The third-order valence-corrected chi connectivity index (χ3v) is 7.59. The number of rotatable bonds is 9. The number of nitrogens with zero attached hydrogens (tertiary/aromatic N) is 3. The van der Waals surface area contributed by atoms with Crippen LogP contribution in [0.15, 0.2) is 65.2 Å². The molecule has 0 aliphatic carbocycles. The van der Waals surface area contributed by atoms with Gasteiger partial charge in [0.2, 0.25) is 5.91 Å². The number of sulfone groups is 1. The molecule has 1 aromatic heterocycles. The van der Waals surface area contributed by atoms with Gasteiger partial charge in [-0.05, 0) is 43.7 Å². The van der Waals surface area contributed by atoms with Crippen LogP contribution >= 0.6 is 23.4 Å². The van der Waals surface area contributed by atoms with Gasteiger partial charge in [0.25, 0.3) is 0 Å². The summed E-state index contributed by atoms with van der Waals surface area (Å²) in [5, 5.41) is 12.0. The van der Waals surface area contributed by atoms with Crippen LogP contribution < -0.4 is 5.32 Å². The number of benzene rings is 2. The summed E-state index contributed by atoms with van der Waals surface area (Å²) in [5.41, 5.74) is 2.50. The second kappa shape index (κ2) is 10.3. The number of halogens is 1. The number of hydrogen-bond donors (Lipinski definition) is 1. The highest BCUT2D eigenvalue weighted by molar-refractivity contribution is 7.99. The van der Waals surface area contributed by atoms with E-state index in [0.29, 0.717) is 28.2 Å². The fourth-order valence-electron chi connectivity index (χ4n) is 2.84. The summed E-state index contributed by atoms with van der Waals surface area (Å²) < 4.78 is 27.3. The first-order valence-electron chi connectivity index (χ1n) is 9.71. The van der Waals surface area contributed by atoms with Crippen molar-refractivity contribution in [2.45, 2.75) is 36.2 Å². The van der Waals surface area contributed by atoms with Gasteiger partial charge in [-0.15, -0.1) is 16.8 Å². The molecule has 0 aliphatic rings. The molecule has 1 amide bonds. The van der Waals surface area contributed by atoms with Gasteiger partial charge in [-0.2, -0.15) is 0 Å². The Balaban J connectivity index is 1.71. The van der Waals surface area contributed by atoms with Crippen molar-refractivity contribution in [3.63, 3.8) is 0 Å². The van der Waals surface area contributed by atoms with E-state index in [-0.39, 0.29) is 22.3 Å². The van der Waals surface area contributed by atoms with E-state index in [4.69, 9.17) is 11.6 Å². The Hall–Kier alpha value is -2.62. The van der Waals surface area contributed by atoms with Gasteiger partial charge in [0.15, 0.2) is 15.0 Å². The van der Waals surface area contributed by atoms with E-state index in [9.17, 15) is 13.2 Å². The number of amides is 1. The van der Waals surface area contributed by atoms with Crippen LogP contribution in [0, 0.1) is 13.8 Å². The third-order valence-electron chi connectivity index (χ3n) is 4.59. The highest BCUT2D eigenvalue weighted by Gasteiger charge is 2.21. The van der Waals surface area contributed by atoms with Crippen molar-refractivity contribution in [2.75, 3.05) is 11.1 Å². The van der Waals surface area contributed by atoms with Crippen LogP contribution in [0.25, 0.3) is 0 Å². The van der Waals surface area contributed by atoms with E-state index in [1.165, 1.54) is 11.8 Å². The molecule has 10 heteroatoms. The molecule has 0 spiro atoms. The molecule has 1 heterocycles. The lowest BCUT2D eigenvalue weighted by Crippen LogP contribution is -2.15. The average molecular weight is 491 g/mol. The highest BCUT2D eigenvalue weighted by Crippen LogP contribution is 2.23. The van der Waals surface area contributed by atoms with E-state index < -0.39 is 9.84 Å². The zero-order valence-corrected chi connectivity index (χ0v) is 20.1. The Morgan fingerprint density at radius 1 is 1.19 bits per heavy atom. The topological polar surface area (TPSA) is 93.9 Å². The van der Waals surface area contributed by atoms with Crippen molar-refractivity contribution in [3.05, 3.63) is 77.1 Å². The number of anilines is 1. The number of carbonyl (C=O) groups excluding carboxylic acids is 1. The Morgan fingerprint density at radius 3 is 2.56 bits per heavy atom. The van der Waals surface area contributed by atoms with E-state index in [0.717, 1.165) is 11.1 Å². The Labute approximate surface area is 196 Å². The highest BCUT2D eigenvalue weighted by atomic mass is 35.5. The van der Waals surface area contributed by atoms with Gasteiger partial charge in [0.05, 0.1) is 10.6 Å². The first-order valence-corrected chi connectivity index (χ1v) is 12.7. The van der Waals surface area contributed by atoms with Crippen LogP contribution in [0.1, 0.15) is 17.0 Å². The van der Waals surface area contributed by atoms with Crippen LogP contribution in [-0.2, 0) is 26.9 Å². The maximum atomic E-state index is 12.8. The molecule has 0 saturated heterocycles. The molecule has 3 aromatic rings. The molecule has 0 aliphatic heterocycles. The molecule has 0 fully saturated rings. The standard InChI is InChI=1S/C22H23ClN4O3S2/c1-4-11-27-20(14-32(29,30)18-9-5-15(2)6-10-18)25-26-22(27)31-13-21(28)24-17-8-7-16(3)19(23)12-17/h4-10,12H,1,11,13-14H2,2-3H3,(H,24,28). The molecule has 0 atom stereocenters. The molecular weight excluding hydrogens is 468 g/mol. The van der Waals surface area contributed by atoms with Crippen molar-refractivity contribution in [1.29, 1.82) is 0 Å². The lowest BCUT2D eigenvalue weighted by molar-refractivity contribution is -0.113. The number of aromatic nitrogens is 3. The largest absolute Gasteiger partial charge is 0.325 e. The first-order chi connectivity index (χ1) is 15.2. The maximum absolute atomic E-state index is 12.8. The predicted molar refractivity (Wildman–Crippen MR) is 128 cm³/mol. The van der Waals surface area contributed by atoms with Gasteiger partial charge in [0, 0.05) is 17.3 Å². The summed E-state index contributed by atoms with van der Waals surface area (Å²) in [6, 6.07) is 12.0. The minimum Gasteiger partial charge on any atom is -0.325 e. The van der Waals surface area contributed by atoms with Gasteiger partial charge in [-0.1, -0.05) is 53.2 Å². The molecule has 0 radical (unpaired) electrons. The van der Waals surface area contributed by atoms with Crippen molar-refractivity contribution >= 4 is 44.8 Å². The molecule has 32 heavy (non-hydrogen) atoms. The van der Waals surface area contributed by atoms with Gasteiger partial charge < -0.3 is 9.88 Å². The van der Waals surface area contributed by atoms with Gasteiger partial charge in [-0.25, -0.2) is 8.42 Å². The average Bonchev–Trinajstić information content (AvgIpc) is 3.10. The number of thioether (sulfide) groups is 1. The van der Waals surface area contributed by atoms with E-state index >= 15 is 0 Å². The smallest absolute Gasteiger partial charge is 0.234 e. The third kappa shape index (κ3) is 5.99. The van der Waals surface area contributed by atoms with Crippen molar-refractivity contribution in [2.24, 2.45) is 0 Å². The molecule has 1 N–H and O–H groups in total. The van der Waals surface area contributed by atoms with Crippen LogP contribution in [-0.4, -0.2) is 34.8 Å². The van der Waals surface area contributed by atoms with E-state index in [1.807, 2.05) is 19.9 Å². The first kappa shape index (κ1) is 24.0. The predicted octanol–water partition coefficient (Wildman–Crippen LogP) is 4.44. The Kier molecular flexibility index (Phi) is 7.76. The molecular formula is C22H23ClN4O3S2. The zero-order valence-electron chi connectivity index (χ0n) is 17.7. The van der Waals surface area contributed by atoms with Crippen LogP contribution in [0.2, 0.25) is 5.02 Å². The molecule has 2 aromatic carbocycles. The Bertz CT molecular complexity index is 1240. The number of hydrogen-bond acceptors (Lipinski definition) is 6. The number of aryl methyl sites for hydroxylation is 2. The van der Waals surface area contributed by atoms with Gasteiger partial charge in [-0.3, -0.25) is 4.79 Å². The van der Waals surface area contributed by atoms with Crippen LogP contribution in [0.3, 0.4) is 0 Å². The SMILES string of the molecule is C=CCn1c(CS(=O)(=O)c2ccc(C)cc2)nnc1SCC(=O)Nc1ccc(C)c(Cl)c1. The molecule has 3 rings (SSSR count). The van der Waals surface area contributed by atoms with Crippen LogP contribution in [0.4, 0.5) is 5.69 Å². The maximum Gasteiger partial charge on any atom is 0.234 e.